The molecule has 60 heavy (non-hydrogen) atoms. The first-order valence-electron chi connectivity index (χ1n) is 23.4. The Kier molecular flexibility index (Phi) is 45.7. The standard InChI is InChI=1S/C55H84O5/c1-3-5-7-9-11-13-15-17-19-20-21-22-23-24-25-26-27-28-29-30-31-32-33-34-36-38-40-42-44-46-48-50-55(58)60-53(51-56)52-59-54(57)49-47-45-43-41-39-37-35-18-16-14-12-10-8-6-4-2/h5-8,11-14,17-19,21-22,24-25,27-28,30-31,33-35,39,41,53,56H,3-4,9-10,15-16,20,23,26,29,32,36-38,40,42-52H2,1-2H3/b7-5-,8-6-,13-11-,14-12-,19-17-,22-21-,25-24-,28-27-,31-30-,34-33-,35-18-,41-39-. The summed E-state index contributed by atoms with van der Waals surface area (Å²) in [6.45, 7) is 3.84. The second-order valence-corrected chi connectivity index (χ2v) is 14.7. The molecule has 0 aliphatic carbocycles. The van der Waals surface area contributed by atoms with Crippen LogP contribution in [0.5, 0.6) is 0 Å². The Morgan fingerprint density at radius 1 is 0.383 bits per heavy atom. The third kappa shape index (κ3) is 46.5. The minimum atomic E-state index is -0.808. The van der Waals surface area contributed by atoms with Crippen LogP contribution in [0.2, 0.25) is 0 Å². The summed E-state index contributed by atoms with van der Waals surface area (Å²) in [7, 11) is 0. The van der Waals surface area contributed by atoms with Crippen LogP contribution in [0.3, 0.4) is 0 Å². The van der Waals surface area contributed by atoms with Crippen molar-refractivity contribution in [3.63, 3.8) is 0 Å². The first kappa shape index (κ1) is 55.8. The molecule has 1 unspecified atom stereocenters. The van der Waals surface area contributed by atoms with E-state index in [1.165, 1.54) is 12.8 Å². The molecule has 0 heterocycles. The first-order valence-corrected chi connectivity index (χ1v) is 23.4. The lowest BCUT2D eigenvalue weighted by molar-refractivity contribution is -0.161. The van der Waals surface area contributed by atoms with E-state index >= 15 is 0 Å². The van der Waals surface area contributed by atoms with Crippen LogP contribution in [0.1, 0.15) is 168 Å². The molecule has 0 fully saturated rings. The number of esters is 2. The predicted molar refractivity (Wildman–Crippen MR) is 260 cm³/mol. The number of hydrogen-bond donors (Lipinski definition) is 1. The molecular weight excluding hydrogens is 741 g/mol. The maximum absolute atomic E-state index is 12.2. The van der Waals surface area contributed by atoms with Crippen LogP contribution in [-0.2, 0) is 19.1 Å². The number of aliphatic hydroxyl groups is 1. The lowest BCUT2D eigenvalue weighted by Crippen LogP contribution is -2.28. The van der Waals surface area contributed by atoms with Gasteiger partial charge < -0.3 is 14.6 Å². The largest absolute Gasteiger partial charge is 0.462 e. The first-order chi connectivity index (χ1) is 29.6. The van der Waals surface area contributed by atoms with E-state index in [0.717, 1.165) is 128 Å². The Hall–Kier alpha value is -4.22. The van der Waals surface area contributed by atoms with Crippen LogP contribution >= 0.6 is 0 Å². The average molecular weight is 825 g/mol. The third-order valence-corrected chi connectivity index (χ3v) is 9.13. The van der Waals surface area contributed by atoms with Crippen molar-refractivity contribution < 1.29 is 24.2 Å². The lowest BCUT2D eigenvalue weighted by Gasteiger charge is -2.15. The Morgan fingerprint density at radius 2 is 0.667 bits per heavy atom. The molecule has 0 bridgehead atoms. The smallest absolute Gasteiger partial charge is 0.306 e. The maximum Gasteiger partial charge on any atom is 0.306 e. The molecule has 0 aromatic carbocycles. The molecule has 5 nitrogen and oxygen atoms in total. The van der Waals surface area contributed by atoms with E-state index in [2.05, 4.69) is 160 Å². The fourth-order valence-corrected chi connectivity index (χ4v) is 5.68. The number of aliphatic hydroxyl groups excluding tert-OH is 1. The molecule has 0 saturated carbocycles. The second-order valence-electron chi connectivity index (χ2n) is 14.7. The summed E-state index contributed by atoms with van der Waals surface area (Å²) in [6.07, 6.45) is 75.0. The normalized spacial score (nSPS) is 13.6. The SMILES string of the molecule is CC/C=C\C/C=C\C/C=C\C/C=C\C/C=C\C/C=C\C/C=C\C/C=C\CCCCCCCCC(=O)OC(CO)COC(=O)CCCC/C=C\C/C=C\C/C=C\C/C=C\CC. The summed E-state index contributed by atoms with van der Waals surface area (Å²) >= 11 is 0. The van der Waals surface area contributed by atoms with Gasteiger partial charge in [0.2, 0.25) is 0 Å². The van der Waals surface area contributed by atoms with Crippen LogP contribution in [0.4, 0.5) is 0 Å². The lowest BCUT2D eigenvalue weighted by atomic mass is 10.1. The van der Waals surface area contributed by atoms with Gasteiger partial charge in [-0.25, -0.2) is 0 Å². The molecule has 5 heteroatoms. The van der Waals surface area contributed by atoms with Gasteiger partial charge in [-0.2, -0.15) is 0 Å². The molecule has 0 aromatic rings. The highest BCUT2D eigenvalue weighted by Crippen LogP contribution is 2.11. The summed E-state index contributed by atoms with van der Waals surface area (Å²) in [5.74, 6) is -0.672. The van der Waals surface area contributed by atoms with Gasteiger partial charge in [0, 0.05) is 12.8 Å². The van der Waals surface area contributed by atoms with Gasteiger partial charge in [0.1, 0.15) is 6.61 Å². The zero-order chi connectivity index (χ0) is 43.5. The molecule has 0 rings (SSSR count). The number of carbonyl (C=O) groups excluding carboxylic acids is 2. The van der Waals surface area contributed by atoms with Crippen molar-refractivity contribution in [1.29, 1.82) is 0 Å². The van der Waals surface area contributed by atoms with E-state index in [9.17, 15) is 14.7 Å². The van der Waals surface area contributed by atoms with Crippen LogP contribution in [0.15, 0.2) is 146 Å². The molecule has 0 amide bonds. The van der Waals surface area contributed by atoms with Crippen molar-refractivity contribution in [2.45, 2.75) is 174 Å². The van der Waals surface area contributed by atoms with Crippen molar-refractivity contribution in [2.75, 3.05) is 13.2 Å². The van der Waals surface area contributed by atoms with Gasteiger partial charge in [-0.3, -0.25) is 9.59 Å². The highest BCUT2D eigenvalue weighted by molar-refractivity contribution is 5.70. The van der Waals surface area contributed by atoms with Gasteiger partial charge in [0.05, 0.1) is 6.61 Å². The quantitative estimate of drug-likeness (QED) is 0.0378. The summed E-state index contributed by atoms with van der Waals surface area (Å²) in [5, 5.41) is 9.59. The van der Waals surface area contributed by atoms with E-state index in [1.54, 1.807) is 0 Å². The average Bonchev–Trinajstić information content (AvgIpc) is 3.25. The van der Waals surface area contributed by atoms with E-state index in [-0.39, 0.29) is 25.2 Å². The molecule has 1 N–H and O–H groups in total. The number of ether oxygens (including phenoxy) is 2. The Labute approximate surface area is 368 Å². The second kappa shape index (κ2) is 49.1. The van der Waals surface area contributed by atoms with Gasteiger partial charge >= 0.3 is 11.9 Å². The monoisotopic (exact) mass is 825 g/mol. The molecule has 0 aliphatic rings. The van der Waals surface area contributed by atoms with Gasteiger partial charge in [0.15, 0.2) is 6.10 Å². The zero-order valence-corrected chi connectivity index (χ0v) is 37.9. The van der Waals surface area contributed by atoms with Crippen molar-refractivity contribution in [1.82, 2.24) is 0 Å². The minimum Gasteiger partial charge on any atom is -0.462 e. The van der Waals surface area contributed by atoms with E-state index in [0.29, 0.717) is 12.8 Å². The van der Waals surface area contributed by atoms with E-state index in [4.69, 9.17) is 9.47 Å². The molecule has 334 valence electrons. The topological polar surface area (TPSA) is 72.8 Å². The Bertz CT molecular complexity index is 1350. The third-order valence-electron chi connectivity index (χ3n) is 9.13. The zero-order valence-electron chi connectivity index (χ0n) is 37.9. The number of hydrogen-bond acceptors (Lipinski definition) is 5. The van der Waals surface area contributed by atoms with Gasteiger partial charge in [0.25, 0.3) is 0 Å². The molecule has 0 radical (unpaired) electrons. The van der Waals surface area contributed by atoms with Crippen LogP contribution in [0.25, 0.3) is 0 Å². The molecule has 0 aromatic heterocycles. The van der Waals surface area contributed by atoms with E-state index in [1.807, 2.05) is 0 Å². The summed E-state index contributed by atoms with van der Waals surface area (Å²) in [6, 6.07) is 0. The van der Waals surface area contributed by atoms with Crippen molar-refractivity contribution in [2.24, 2.45) is 0 Å². The van der Waals surface area contributed by atoms with Gasteiger partial charge in [-0.15, -0.1) is 0 Å². The van der Waals surface area contributed by atoms with Crippen LogP contribution in [-0.4, -0.2) is 36.4 Å². The summed E-state index contributed by atoms with van der Waals surface area (Å²) in [5.41, 5.74) is 0. The summed E-state index contributed by atoms with van der Waals surface area (Å²) in [4.78, 5) is 24.3. The highest BCUT2D eigenvalue weighted by Gasteiger charge is 2.16. The maximum atomic E-state index is 12.2. The highest BCUT2D eigenvalue weighted by atomic mass is 16.6. The molecule has 0 aliphatic heterocycles. The number of carbonyl (C=O) groups is 2. The molecule has 1 atom stereocenters. The molecular formula is C55H84O5. The molecule has 0 saturated heterocycles. The number of rotatable bonds is 40. The number of allylic oxidation sites excluding steroid dienone is 24. The summed E-state index contributed by atoms with van der Waals surface area (Å²) < 4.78 is 10.6. The predicted octanol–water partition coefficient (Wildman–Crippen LogP) is 15.5. The van der Waals surface area contributed by atoms with Crippen LogP contribution < -0.4 is 0 Å². The van der Waals surface area contributed by atoms with Crippen molar-refractivity contribution in [3.05, 3.63) is 146 Å². The Morgan fingerprint density at radius 3 is 1.03 bits per heavy atom. The van der Waals surface area contributed by atoms with Crippen molar-refractivity contribution in [3.8, 4) is 0 Å². The fourth-order valence-electron chi connectivity index (χ4n) is 5.68. The van der Waals surface area contributed by atoms with Crippen molar-refractivity contribution >= 4 is 11.9 Å². The van der Waals surface area contributed by atoms with Gasteiger partial charge in [-0.1, -0.05) is 185 Å². The van der Waals surface area contributed by atoms with E-state index < -0.39 is 6.10 Å². The van der Waals surface area contributed by atoms with Gasteiger partial charge in [-0.05, 0) is 116 Å². The number of unbranched alkanes of at least 4 members (excludes halogenated alkanes) is 8. The Balaban J connectivity index is 3.69. The van der Waals surface area contributed by atoms with Crippen LogP contribution in [0, 0.1) is 0 Å². The molecule has 0 spiro atoms. The minimum absolute atomic E-state index is 0.104. The fraction of sp³-hybridized carbons (Fsp3) is 0.527.